The van der Waals surface area contributed by atoms with Crippen molar-refractivity contribution in [2.24, 2.45) is 4.99 Å². The van der Waals surface area contributed by atoms with Crippen LogP contribution in [0.4, 0.5) is 0 Å². The third-order valence-electron chi connectivity index (χ3n) is 2.31. The Labute approximate surface area is 77.4 Å². The minimum absolute atomic E-state index is 0.0290. The molecule has 13 heavy (non-hydrogen) atoms. The Kier molecular flexibility index (Phi) is 1.79. The first-order valence-electron chi connectivity index (χ1n) is 4.44. The van der Waals surface area contributed by atoms with Gasteiger partial charge in [-0.1, -0.05) is 12.2 Å². The lowest BCUT2D eigenvalue weighted by atomic mass is 10.1. The Morgan fingerprint density at radius 2 is 2.46 bits per heavy atom. The molecule has 0 bridgehead atoms. The van der Waals surface area contributed by atoms with Gasteiger partial charge in [0.05, 0.1) is 11.4 Å². The number of carbonyl (C=O) groups is 1. The van der Waals surface area contributed by atoms with Gasteiger partial charge in [0.15, 0.2) is 0 Å². The minimum Gasteiger partial charge on any atom is -0.288 e. The second-order valence-electron chi connectivity index (χ2n) is 3.28. The summed E-state index contributed by atoms with van der Waals surface area (Å²) in [5.41, 5.74) is 2.01. The second kappa shape index (κ2) is 2.83. The number of allylic oxidation sites excluding steroid dienone is 4. The summed E-state index contributed by atoms with van der Waals surface area (Å²) in [6.07, 6.45) is 6.80. The Bertz CT molecular complexity index is 339. The zero-order valence-electron chi connectivity index (χ0n) is 7.82. The molecule has 1 amide bonds. The summed E-state index contributed by atoms with van der Waals surface area (Å²) in [4.78, 5) is 17.4. The predicted octanol–water partition coefficient (Wildman–Crippen LogP) is 1.48. The summed E-state index contributed by atoms with van der Waals surface area (Å²) in [6, 6.07) is 0. The highest BCUT2D eigenvalue weighted by molar-refractivity contribution is 6.06. The molecule has 1 heterocycles. The van der Waals surface area contributed by atoms with Crippen LogP contribution < -0.4 is 0 Å². The van der Waals surface area contributed by atoms with Gasteiger partial charge in [0.25, 0.3) is 0 Å². The largest absolute Gasteiger partial charge is 0.288 e. The van der Waals surface area contributed by atoms with Gasteiger partial charge in [-0.2, -0.15) is 0 Å². The molecular weight excluding hydrogens is 164 g/mol. The first kappa shape index (κ1) is 8.23. The van der Waals surface area contributed by atoms with E-state index in [1.807, 2.05) is 19.1 Å². The maximum Gasteiger partial charge on any atom is 0.225 e. The van der Waals surface area contributed by atoms with Crippen LogP contribution >= 0.6 is 0 Å². The summed E-state index contributed by atoms with van der Waals surface area (Å²) < 4.78 is 0. The first-order chi connectivity index (χ1) is 6.20. The molecule has 0 N–H and O–H groups in total. The van der Waals surface area contributed by atoms with Crippen molar-refractivity contribution in [2.75, 3.05) is 0 Å². The third kappa shape index (κ3) is 1.20. The molecule has 0 aromatic rings. The van der Waals surface area contributed by atoms with Gasteiger partial charge in [-0.25, -0.2) is 0 Å². The van der Waals surface area contributed by atoms with Crippen LogP contribution in [-0.2, 0) is 4.79 Å². The Morgan fingerprint density at radius 1 is 1.69 bits per heavy atom. The first-order valence-corrected chi connectivity index (χ1v) is 4.44. The SMILES string of the molecule is CC(=O)N1C2=CC=CCC2=NC1C. The summed E-state index contributed by atoms with van der Waals surface area (Å²) in [7, 11) is 0. The molecule has 1 unspecified atom stereocenters. The number of fused-ring (bicyclic) bond motifs is 1. The molecule has 3 nitrogen and oxygen atoms in total. The van der Waals surface area contributed by atoms with Gasteiger partial charge in [0.1, 0.15) is 6.17 Å². The van der Waals surface area contributed by atoms with Crippen molar-refractivity contribution in [2.45, 2.75) is 26.4 Å². The molecule has 0 aromatic heterocycles. The number of nitrogens with zero attached hydrogens (tertiary/aromatic N) is 2. The third-order valence-corrected chi connectivity index (χ3v) is 2.31. The van der Waals surface area contributed by atoms with E-state index in [0.29, 0.717) is 0 Å². The van der Waals surface area contributed by atoms with Gasteiger partial charge in [0.2, 0.25) is 5.91 Å². The average Bonchev–Trinajstić information content (AvgIpc) is 2.39. The van der Waals surface area contributed by atoms with E-state index in [9.17, 15) is 4.79 Å². The van der Waals surface area contributed by atoms with Crippen LogP contribution in [0, 0.1) is 0 Å². The molecule has 1 aliphatic carbocycles. The van der Waals surface area contributed by atoms with Crippen molar-refractivity contribution in [3.8, 4) is 0 Å². The van der Waals surface area contributed by atoms with Crippen LogP contribution in [0.25, 0.3) is 0 Å². The van der Waals surface area contributed by atoms with Crippen LogP contribution in [0.5, 0.6) is 0 Å². The zero-order valence-corrected chi connectivity index (χ0v) is 7.82. The number of carbonyl (C=O) groups excluding carboxylic acids is 1. The van der Waals surface area contributed by atoms with Gasteiger partial charge in [-0.15, -0.1) is 0 Å². The van der Waals surface area contributed by atoms with Crippen molar-refractivity contribution >= 4 is 11.6 Å². The molecule has 0 aromatic carbocycles. The minimum atomic E-state index is -0.0290. The van der Waals surface area contributed by atoms with Crippen molar-refractivity contribution in [1.82, 2.24) is 4.90 Å². The molecule has 3 heteroatoms. The van der Waals surface area contributed by atoms with Crippen molar-refractivity contribution in [1.29, 1.82) is 0 Å². The summed E-state index contributed by atoms with van der Waals surface area (Å²) in [5, 5.41) is 0. The van der Waals surface area contributed by atoms with Crippen LogP contribution in [-0.4, -0.2) is 22.7 Å². The highest BCUT2D eigenvalue weighted by Crippen LogP contribution is 2.25. The van der Waals surface area contributed by atoms with Gasteiger partial charge >= 0.3 is 0 Å². The highest BCUT2D eigenvalue weighted by Gasteiger charge is 2.30. The fraction of sp³-hybridized carbons (Fsp3) is 0.400. The predicted molar refractivity (Wildman–Crippen MR) is 51.3 cm³/mol. The van der Waals surface area contributed by atoms with Gasteiger partial charge in [0, 0.05) is 13.3 Å². The average molecular weight is 176 g/mol. The quantitative estimate of drug-likeness (QED) is 0.550. The summed E-state index contributed by atoms with van der Waals surface area (Å²) >= 11 is 0. The lowest BCUT2D eigenvalue weighted by Gasteiger charge is -2.20. The number of hydrogen-bond donors (Lipinski definition) is 0. The standard InChI is InChI=1S/C10H12N2O/c1-7-11-9-5-3-4-6-10(9)12(7)8(2)13/h3-4,6-7H,5H2,1-2H3. The van der Waals surface area contributed by atoms with Crippen molar-refractivity contribution < 1.29 is 4.79 Å². The lowest BCUT2D eigenvalue weighted by Crippen LogP contribution is -2.32. The van der Waals surface area contributed by atoms with E-state index in [0.717, 1.165) is 17.8 Å². The molecule has 68 valence electrons. The van der Waals surface area contributed by atoms with E-state index >= 15 is 0 Å². The molecule has 0 radical (unpaired) electrons. The van der Waals surface area contributed by atoms with E-state index in [1.165, 1.54) is 0 Å². The number of hydrogen-bond acceptors (Lipinski definition) is 2. The Morgan fingerprint density at radius 3 is 3.15 bits per heavy atom. The molecule has 0 saturated heterocycles. The van der Waals surface area contributed by atoms with E-state index in [-0.39, 0.29) is 12.1 Å². The molecule has 1 atom stereocenters. The van der Waals surface area contributed by atoms with Gasteiger partial charge in [-0.05, 0) is 13.0 Å². The van der Waals surface area contributed by atoms with Crippen LogP contribution in [0.2, 0.25) is 0 Å². The van der Waals surface area contributed by atoms with E-state index in [4.69, 9.17) is 0 Å². The van der Waals surface area contributed by atoms with Crippen molar-refractivity contribution in [3.63, 3.8) is 0 Å². The van der Waals surface area contributed by atoms with Crippen LogP contribution in [0.15, 0.2) is 28.9 Å². The normalized spacial score (nSPS) is 25.4. The summed E-state index contributed by atoms with van der Waals surface area (Å²) in [6.45, 7) is 3.52. The molecule has 0 fully saturated rings. The molecule has 2 aliphatic rings. The fourth-order valence-electron chi connectivity index (χ4n) is 1.80. The number of rotatable bonds is 0. The molecule has 0 spiro atoms. The fourth-order valence-corrected chi connectivity index (χ4v) is 1.80. The molecule has 1 aliphatic heterocycles. The highest BCUT2D eigenvalue weighted by atomic mass is 16.2. The lowest BCUT2D eigenvalue weighted by molar-refractivity contribution is -0.127. The topological polar surface area (TPSA) is 32.7 Å². The maximum absolute atomic E-state index is 11.3. The molecular formula is C10H12N2O. The van der Waals surface area contributed by atoms with Gasteiger partial charge < -0.3 is 0 Å². The molecule has 0 saturated carbocycles. The number of amides is 1. The zero-order chi connectivity index (χ0) is 9.42. The van der Waals surface area contributed by atoms with E-state index in [1.54, 1.807) is 11.8 Å². The second-order valence-corrected chi connectivity index (χ2v) is 3.28. The summed E-state index contributed by atoms with van der Waals surface area (Å²) in [5.74, 6) is 0.0628. The maximum atomic E-state index is 11.3. The van der Waals surface area contributed by atoms with Gasteiger partial charge in [-0.3, -0.25) is 14.7 Å². The smallest absolute Gasteiger partial charge is 0.225 e. The van der Waals surface area contributed by atoms with Crippen molar-refractivity contribution in [3.05, 3.63) is 23.9 Å². The number of aliphatic imine (C=N–C) groups is 1. The van der Waals surface area contributed by atoms with Crippen LogP contribution in [0.1, 0.15) is 20.3 Å². The monoisotopic (exact) mass is 176 g/mol. The van der Waals surface area contributed by atoms with E-state index in [2.05, 4.69) is 11.1 Å². The Balaban J connectivity index is 2.38. The molecule has 2 rings (SSSR count). The Hall–Kier alpha value is -1.38. The van der Waals surface area contributed by atoms with Crippen LogP contribution in [0.3, 0.4) is 0 Å². The van der Waals surface area contributed by atoms with E-state index < -0.39 is 0 Å².